The Hall–Kier alpha value is -1.19. The number of hydrogen-bond acceptors (Lipinski definition) is 2. The Morgan fingerprint density at radius 1 is 1.27 bits per heavy atom. The number of benzene rings is 1. The van der Waals surface area contributed by atoms with E-state index >= 15 is 0 Å². The van der Waals surface area contributed by atoms with E-state index in [9.17, 15) is 4.39 Å². The van der Waals surface area contributed by atoms with Gasteiger partial charge in [-0.25, -0.2) is 4.39 Å². The van der Waals surface area contributed by atoms with Crippen LogP contribution in [0.5, 0.6) is 0 Å². The van der Waals surface area contributed by atoms with Gasteiger partial charge in [0.2, 0.25) is 0 Å². The van der Waals surface area contributed by atoms with Crippen molar-refractivity contribution in [3.8, 4) is 11.1 Å². The van der Waals surface area contributed by atoms with E-state index in [1.807, 2.05) is 24.4 Å². The Morgan fingerprint density at radius 2 is 2.07 bits per heavy atom. The van der Waals surface area contributed by atoms with Crippen LogP contribution in [0.1, 0.15) is 10.4 Å². The second-order valence-electron chi connectivity index (χ2n) is 3.41. The van der Waals surface area contributed by atoms with Crippen LogP contribution in [-0.4, -0.2) is 0 Å². The minimum atomic E-state index is -0.195. The fourth-order valence-corrected chi connectivity index (χ4v) is 2.28. The third-order valence-electron chi connectivity index (χ3n) is 2.42. The van der Waals surface area contributed by atoms with Crippen molar-refractivity contribution in [3.05, 3.63) is 45.9 Å². The van der Waals surface area contributed by atoms with Gasteiger partial charge in [0.05, 0.1) is 0 Å². The van der Waals surface area contributed by atoms with Gasteiger partial charge >= 0.3 is 0 Å². The third kappa shape index (κ3) is 1.94. The molecule has 1 aromatic carbocycles. The van der Waals surface area contributed by atoms with Gasteiger partial charge in [-0.3, -0.25) is 0 Å². The smallest absolute Gasteiger partial charge is 0.131 e. The molecule has 0 saturated heterocycles. The molecule has 1 aromatic heterocycles. The number of thiophene rings is 1. The van der Waals surface area contributed by atoms with E-state index in [0.717, 1.165) is 16.0 Å². The van der Waals surface area contributed by atoms with Gasteiger partial charge in [0.15, 0.2) is 0 Å². The first-order valence-electron chi connectivity index (χ1n) is 4.75. The van der Waals surface area contributed by atoms with Crippen LogP contribution in [0.4, 0.5) is 4.39 Å². The van der Waals surface area contributed by atoms with Crippen molar-refractivity contribution in [2.24, 2.45) is 5.73 Å². The molecule has 0 aliphatic heterocycles. The Labute approximate surface area is 92.4 Å². The van der Waals surface area contributed by atoms with Gasteiger partial charge in [-0.1, -0.05) is 12.1 Å². The summed E-state index contributed by atoms with van der Waals surface area (Å²) in [6, 6.07) is 7.12. The van der Waals surface area contributed by atoms with Crippen molar-refractivity contribution in [2.45, 2.75) is 13.5 Å². The lowest BCUT2D eigenvalue weighted by atomic mass is 10.0. The van der Waals surface area contributed by atoms with Gasteiger partial charge in [-0.2, -0.15) is 0 Å². The zero-order chi connectivity index (χ0) is 10.8. The predicted molar refractivity (Wildman–Crippen MR) is 62.3 cm³/mol. The van der Waals surface area contributed by atoms with E-state index in [4.69, 9.17) is 5.73 Å². The standard InChI is InChI=1S/C12H12FNS/c1-8-10(4-5-15-8)11-3-2-9(7-14)6-12(11)13/h2-6H,7,14H2,1H3. The van der Waals surface area contributed by atoms with Crippen LogP contribution in [0.3, 0.4) is 0 Å². The molecular formula is C12H12FNS. The summed E-state index contributed by atoms with van der Waals surface area (Å²) < 4.78 is 13.7. The van der Waals surface area contributed by atoms with Crippen molar-refractivity contribution >= 4 is 11.3 Å². The molecule has 0 unspecified atom stereocenters. The zero-order valence-corrected chi connectivity index (χ0v) is 9.27. The average molecular weight is 221 g/mol. The van der Waals surface area contributed by atoms with Gasteiger partial charge in [0.1, 0.15) is 5.82 Å². The summed E-state index contributed by atoms with van der Waals surface area (Å²) in [5.41, 5.74) is 7.91. The quantitative estimate of drug-likeness (QED) is 0.827. The summed E-state index contributed by atoms with van der Waals surface area (Å²) in [6.45, 7) is 2.37. The highest BCUT2D eigenvalue weighted by molar-refractivity contribution is 7.10. The van der Waals surface area contributed by atoms with Gasteiger partial charge in [-0.05, 0) is 35.6 Å². The van der Waals surface area contributed by atoms with Crippen molar-refractivity contribution in [2.75, 3.05) is 0 Å². The molecule has 1 nitrogen and oxygen atoms in total. The van der Waals surface area contributed by atoms with Crippen LogP contribution < -0.4 is 5.73 Å². The minimum absolute atomic E-state index is 0.195. The summed E-state index contributed by atoms with van der Waals surface area (Å²) in [4.78, 5) is 1.13. The number of rotatable bonds is 2. The topological polar surface area (TPSA) is 26.0 Å². The molecule has 0 aliphatic carbocycles. The molecule has 2 aromatic rings. The van der Waals surface area contributed by atoms with E-state index in [0.29, 0.717) is 12.1 Å². The van der Waals surface area contributed by atoms with Crippen molar-refractivity contribution < 1.29 is 4.39 Å². The fraction of sp³-hybridized carbons (Fsp3) is 0.167. The molecule has 0 atom stereocenters. The number of hydrogen-bond donors (Lipinski definition) is 1. The summed E-state index contributed by atoms with van der Waals surface area (Å²) in [5.74, 6) is -0.195. The van der Waals surface area contributed by atoms with Crippen LogP contribution in [0.25, 0.3) is 11.1 Å². The van der Waals surface area contributed by atoms with Crippen LogP contribution in [0.2, 0.25) is 0 Å². The molecule has 0 aliphatic rings. The lowest BCUT2D eigenvalue weighted by Crippen LogP contribution is -1.97. The Bertz CT molecular complexity index is 476. The average Bonchev–Trinajstić information content (AvgIpc) is 2.64. The predicted octanol–water partition coefficient (Wildman–Crippen LogP) is 3.32. The first-order valence-corrected chi connectivity index (χ1v) is 5.63. The summed E-state index contributed by atoms with van der Waals surface area (Å²) in [7, 11) is 0. The minimum Gasteiger partial charge on any atom is -0.326 e. The number of halogens is 1. The Kier molecular flexibility index (Phi) is 2.84. The van der Waals surface area contributed by atoms with E-state index in [1.54, 1.807) is 17.4 Å². The molecule has 0 bridgehead atoms. The molecule has 0 fully saturated rings. The van der Waals surface area contributed by atoms with E-state index in [1.165, 1.54) is 6.07 Å². The van der Waals surface area contributed by atoms with Crippen molar-refractivity contribution in [1.82, 2.24) is 0 Å². The lowest BCUT2D eigenvalue weighted by molar-refractivity contribution is 0.629. The highest BCUT2D eigenvalue weighted by Crippen LogP contribution is 2.29. The van der Waals surface area contributed by atoms with Gasteiger partial charge in [0.25, 0.3) is 0 Å². The highest BCUT2D eigenvalue weighted by atomic mass is 32.1. The van der Waals surface area contributed by atoms with Crippen molar-refractivity contribution in [1.29, 1.82) is 0 Å². The molecule has 0 saturated carbocycles. The lowest BCUT2D eigenvalue weighted by Gasteiger charge is -2.04. The number of aryl methyl sites for hydroxylation is 1. The molecule has 3 heteroatoms. The molecule has 15 heavy (non-hydrogen) atoms. The SMILES string of the molecule is Cc1sccc1-c1ccc(CN)cc1F. The largest absolute Gasteiger partial charge is 0.326 e. The van der Waals surface area contributed by atoms with E-state index in [2.05, 4.69) is 0 Å². The fourth-order valence-electron chi connectivity index (χ4n) is 1.57. The summed E-state index contributed by atoms with van der Waals surface area (Å²) in [5, 5.41) is 1.97. The molecule has 0 spiro atoms. The van der Waals surface area contributed by atoms with Gasteiger partial charge in [-0.15, -0.1) is 11.3 Å². The first-order chi connectivity index (χ1) is 7.22. The molecule has 1 heterocycles. The Balaban J connectivity index is 2.50. The molecular weight excluding hydrogens is 209 g/mol. The van der Waals surface area contributed by atoms with Gasteiger partial charge < -0.3 is 5.73 Å². The maximum absolute atomic E-state index is 13.7. The van der Waals surface area contributed by atoms with E-state index in [-0.39, 0.29) is 5.82 Å². The van der Waals surface area contributed by atoms with E-state index < -0.39 is 0 Å². The summed E-state index contributed by atoms with van der Waals surface area (Å²) in [6.07, 6.45) is 0. The normalized spacial score (nSPS) is 10.6. The van der Waals surface area contributed by atoms with Gasteiger partial charge in [0, 0.05) is 17.0 Å². The Morgan fingerprint density at radius 3 is 2.60 bits per heavy atom. The first kappa shape index (κ1) is 10.3. The van der Waals surface area contributed by atoms with Crippen LogP contribution in [0, 0.1) is 12.7 Å². The molecule has 2 rings (SSSR count). The highest BCUT2D eigenvalue weighted by Gasteiger charge is 2.08. The van der Waals surface area contributed by atoms with Crippen LogP contribution in [-0.2, 0) is 6.54 Å². The second kappa shape index (κ2) is 4.13. The maximum Gasteiger partial charge on any atom is 0.131 e. The molecule has 0 amide bonds. The molecule has 0 radical (unpaired) electrons. The third-order valence-corrected chi connectivity index (χ3v) is 3.26. The van der Waals surface area contributed by atoms with Crippen LogP contribution >= 0.6 is 11.3 Å². The zero-order valence-electron chi connectivity index (χ0n) is 8.46. The second-order valence-corrected chi connectivity index (χ2v) is 4.53. The van der Waals surface area contributed by atoms with Crippen LogP contribution in [0.15, 0.2) is 29.6 Å². The maximum atomic E-state index is 13.7. The van der Waals surface area contributed by atoms with Crippen molar-refractivity contribution in [3.63, 3.8) is 0 Å². The molecule has 2 N–H and O–H groups in total. The monoisotopic (exact) mass is 221 g/mol. The molecule has 78 valence electrons. The number of nitrogens with two attached hydrogens (primary N) is 1. The summed E-state index contributed by atoms with van der Waals surface area (Å²) >= 11 is 1.63.